The lowest BCUT2D eigenvalue weighted by Gasteiger charge is -2.11. The summed E-state index contributed by atoms with van der Waals surface area (Å²) in [6, 6.07) is 5.15. The fourth-order valence-electron chi connectivity index (χ4n) is 1.75. The smallest absolute Gasteiger partial charge is 0.251 e. The van der Waals surface area contributed by atoms with Gasteiger partial charge in [0.2, 0.25) is 0 Å². The molecule has 6 heteroatoms. The highest BCUT2D eigenvalue weighted by molar-refractivity contribution is 5.94. The number of hydrogen-bond donors (Lipinski definition) is 2. The lowest BCUT2D eigenvalue weighted by Crippen LogP contribution is -2.33. The van der Waals surface area contributed by atoms with Gasteiger partial charge < -0.3 is 24.8 Å². The molecule has 0 bridgehead atoms. The van der Waals surface area contributed by atoms with Gasteiger partial charge >= 0.3 is 0 Å². The van der Waals surface area contributed by atoms with Crippen molar-refractivity contribution in [3.8, 4) is 11.5 Å². The molecule has 21 heavy (non-hydrogen) atoms. The monoisotopic (exact) mass is 296 g/mol. The Morgan fingerprint density at radius 2 is 1.95 bits per heavy atom. The Morgan fingerprint density at radius 3 is 2.62 bits per heavy atom. The molecule has 0 atom stereocenters. The summed E-state index contributed by atoms with van der Waals surface area (Å²) >= 11 is 0. The Bertz CT molecular complexity index is 438. The molecule has 6 nitrogen and oxygen atoms in total. The van der Waals surface area contributed by atoms with Crippen molar-refractivity contribution in [3.05, 3.63) is 23.8 Å². The molecule has 118 valence electrons. The van der Waals surface area contributed by atoms with Crippen molar-refractivity contribution in [2.45, 2.75) is 6.92 Å². The van der Waals surface area contributed by atoms with Crippen LogP contribution in [0.2, 0.25) is 0 Å². The van der Waals surface area contributed by atoms with E-state index in [1.807, 2.05) is 6.92 Å². The zero-order valence-electron chi connectivity index (χ0n) is 12.9. The van der Waals surface area contributed by atoms with E-state index in [9.17, 15) is 4.79 Å². The van der Waals surface area contributed by atoms with Crippen LogP contribution in [-0.2, 0) is 4.74 Å². The average Bonchev–Trinajstić information content (AvgIpc) is 2.51. The minimum absolute atomic E-state index is 0.134. The van der Waals surface area contributed by atoms with E-state index >= 15 is 0 Å². The van der Waals surface area contributed by atoms with E-state index in [-0.39, 0.29) is 5.91 Å². The maximum absolute atomic E-state index is 12.0. The lowest BCUT2D eigenvalue weighted by molar-refractivity contribution is 0.0953. The Morgan fingerprint density at radius 1 is 1.14 bits per heavy atom. The first-order valence-corrected chi connectivity index (χ1v) is 7.01. The van der Waals surface area contributed by atoms with Gasteiger partial charge in [-0.05, 0) is 25.1 Å². The third kappa shape index (κ3) is 6.01. The highest BCUT2D eigenvalue weighted by Gasteiger charge is 2.10. The van der Waals surface area contributed by atoms with E-state index < -0.39 is 0 Å². The summed E-state index contributed by atoms with van der Waals surface area (Å²) in [4.78, 5) is 12.0. The normalized spacial score (nSPS) is 10.2. The van der Waals surface area contributed by atoms with Crippen LogP contribution in [0.5, 0.6) is 11.5 Å². The van der Waals surface area contributed by atoms with E-state index in [0.717, 1.165) is 6.54 Å². The molecule has 0 aliphatic carbocycles. The van der Waals surface area contributed by atoms with Crippen LogP contribution in [0, 0.1) is 0 Å². The molecule has 0 aromatic heterocycles. The first-order valence-electron chi connectivity index (χ1n) is 7.01. The zero-order chi connectivity index (χ0) is 15.5. The molecule has 0 aliphatic heterocycles. The van der Waals surface area contributed by atoms with Gasteiger partial charge in [0.25, 0.3) is 5.91 Å². The molecule has 0 fully saturated rings. The summed E-state index contributed by atoms with van der Waals surface area (Å²) in [6.07, 6.45) is 0. The summed E-state index contributed by atoms with van der Waals surface area (Å²) in [6.45, 7) is 5.13. The van der Waals surface area contributed by atoms with Crippen LogP contribution in [0.25, 0.3) is 0 Å². The summed E-state index contributed by atoms with van der Waals surface area (Å²) in [7, 11) is 3.21. The minimum atomic E-state index is -0.134. The Hall–Kier alpha value is -1.79. The lowest BCUT2D eigenvalue weighted by atomic mass is 10.2. The van der Waals surface area contributed by atoms with Gasteiger partial charge in [0.15, 0.2) is 11.5 Å². The van der Waals surface area contributed by atoms with Crippen molar-refractivity contribution >= 4 is 5.91 Å². The third-order valence-corrected chi connectivity index (χ3v) is 2.80. The predicted octanol–water partition coefficient (Wildman–Crippen LogP) is 1.06. The predicted molar refractivity (Wildman–Crippen MR) is 81.2 cm³/mol. The largest absolute Gasteiger partial charge is 0.493 e. The number of rotatable bonds is 10. The van der Waals surface area contributed by atoms with Crippen LogP contribution >= 0.6 is 0 Å². The topological polar surface area (TPSA) is 68.8 Å². The second kappa shape index (κ2) is 10.0. The van der Waals surface area contributed by atoms with Crippen LogP contribution in [0.1, 0.15) is 17.3 Å². The van der Waals surface area contributed by atoms with Crippen LogP contribution < -0.4 is 20.1 Å². The number of carbonyl (C=O) groups is 1. The van der Waals surface area contributed by atoms with Gasteiger partial charge in [0.1, 0.15) is 0 Å². The first-order chi connectivity index (χ1) is 10.2. The third-order valence-electron chi connectivity index (χ3n) is 2.80. The first kappa shape index (κ1) is 17.3. The second-order valence-electron chi connectivity index (χ2n) is 4.30. The molecule has 1 aromatic carbocycles. The van der Waals surface area contributed by atoms with Crippen LogP contribution in [0.15, 0.2) is 18.2 Å². The summed E-state index contributed by atoms with van der Waals surface area (Å²) in [5.74, 6) is 1.06. The van der Waals surface area contributed by atoms with Gasteiger partial charge in [-0.1, -0.05) is 0 Å². The highest BCUT2D eigenvalue weighted by Crippen LogP contribution is 2.27. The van der Waals surface area contributed by atoms with Gasteiger partial charge in [-0.3, -0.25) is 4.79 Å². The van der Waals surface area contributed by atoms with Crippen molar-refractivity contribution in [3.63, 3.8) is 0 Å². The minimum Gasteiger partial charge on any atom is -0.493 e. The quantitative estimate of drug-likeness (QED) is 0.632. The molecule has 0 heterocycles. The zero-order valence-corrected chi connectivity index (χ0v) is 12.9. The molecule has 0 aliphatic rings. The molecule has 0 radical (unpaired) electrons. The maximum atomic E-state index is 12.0. The number of carbonyl (C=O) groups excluding carboxylic acids is 1. The number of benzene rings is 1. The van der Waals surface area contributed by atoms with Gasteiger partial charge in [-0.2, -0.15) is 0 Å². The number of ether oxygens (including phenoxy) is 3. The van der Waals surface area contributed by atoms with Crippen molar-refractivity contribution in [1.29, 1.82) is 0 Å². The molecule has 2 N–H and O–H groups in total. The van der Waals surface area contributed by atoms with E-state index in [0.29, 0.717) is 43.4 Å². The van der Waals surface area contributed by atoms with Crippen molar-refractivity contribution < 1.29 is 19.0 Å². The van der Waals surface area contributed by atoms with E-state index in [1.165, 1.54) is 0 Å². The standard InChI is InChI=1S/C15H24N2O4/c1-4-21-13-6-5-12(11-14(13)20-3)15(18)17-8-7-16-9-10-19-2/h5-6,11,16H,4,7-10H2,1-3H3,(H,17,18). The van der Waals surface area contributed by atoms with Gasteiger partial charge in [-0.15, -0.1) is 0 Å². The van der Waals surface area contributed by atoms with Gasteiger partial charge in [0, 0.05) is 32.3 Å². The molecule has 1 aromatic rings. The van der Waals surface area contributed by atoms with Gasteiger partial charge in [-0.25, -0.2) is 0 Å². The number of amides is 1. The SMILES string of the molecule is CCOc1ccc(C(=O)NCCNCCOC)cc1OC. The molecule has 0 saturated carbocycles. The summed E-state index contributed by atoms with van der Waals surface area (Å²) in [5, 5.41) is 6.00. The Balaban J connectivity index is 2.46. The number of hydrogen-bond acceptors (Lipinski definition) is 5. The molecular formula is C15H24N2O4. The molecule has 0 spiro atoms. The fourth-order valence-corrected chi connectivity index (χ4v) is 1.75. The molecule has 0 saturated heterocycles. The number of nitrogens with one attached hydrogen (secondary N) is 2. The molecule has 1 amide bonds. The Kier molecular flexibility index (Phi) is 8.23. The average molecular weight is 296 g/mol. The van der Waals surface area contributed by atoms with Crippen molar-refractivity contribution in [1.82, 2.24) is 10.6 Å². The van der Waals surface area contributed by atoms with Crippen molar-refractivity contribution in [2.75, 3.05) is 47.1 Å². The summed E-state index contributed by atoms with van der Waals surface area (Å²) < 4.78 is 15.6. The summed E-state index contributed by atoms with van der Waals surface area (Å²) in [5.41, 5.74) is 0.548. The van der Waals surface area contributed by atoms with Gasteiger partial charge in [0.05, 0.1) is 20.3 Å². The molecule has 0 unspecified atom stereocenters. The highest BCUT2D eigenvalue weighted by atomic mass is 16.5. The molecular weight excluding hydrogens is 272 g/mol. The van der Waals surface area contributed by atoms with Crippen molar-refractivity contribution in [2.24, 2.45) is 0 Å². The van der Waals surface area contributed by atoms with E-state index in [4.69, 9.17) is 14.2 Å². The van der Waals surface area contributed by atoms with E-state index in [2.05, 4.69) is 10.6 Å². The maximum Gasteiger partial charge on any atom is 0.251 e. The van der Waals surface area contributed by atoms with Crippen LogP contribution in [0.3, 0.4) is 0 Å². The fraction of sp³-hybridized carbons (Fsp3) is 0.533. The second-order valence-corrected chi connectivity index (χ2v) is 4.30. The molecule has 1 rings (SSSR count). The Labute approximate surface area is 125 Å². The van der Waals surface area contributed by atoms with Crippen LogP contribution in [-0.4, -0.2) is 53.0 Å². The number of methoxy groups -OCH3 is 2. The van der Waals surface area contributed by atoms with E-state index in [1.54, 1.807) is 32.4 Å². The van der Waals surface area contributed by atoms with Crippen LogP contribution in [0.4, 0.5) is 0 Å².